The third-order valence-electron chi connectivity index (χ3n) is 2.78. The van der Waals surface area contributed by atoms with Crippen LogP contribution in [0.1, 0.15) is 33.3 Å². The summed E-state index contributed by atoms with van der Waals surface area (Å²) in [7, 11) is 2.09. The molecule has 18 heavy (non-hydrogen) atoms. The molecule has 1 aromatic rings. The molecule has 1 aromatic carbocycles. The van der Waals surface area contributed by atoms with Crippen molar-refractivity contribution in [1.82, 2.24) is 5.32 Å². The zero-order chi connectivity index (χ0) is 13.7. The smallest absolute Gasteiger partial charge is 0.0642 e. The highest BCUT2D eigenvalue weighted by atomic mass is 35.5. The second-order valence-corrected chi connectivity index (χ2v) is 6.00. The van der Waals surface area contributed by atoms with Gasteiger partial charge >= 0.3 is 0 Å². The van der Waals surface area contributed by atoms with Crippen LogP contribution in [0, 0.1) is 5.92 Å². The van der Waals surface area contributed by atoms with Crippen LogP contribution >= 0.6 is 11.6 Å². The summed E-state index contributed by atoms with van der Waals surface area (Å²) in [6.07, 6.45) is 0. The fraction of sp³-hybridized carbons (Fsp3) is 0.600. The Balaban J connectivity index is 2.73. The Hall–Kier alpha value is -0.730. The van der Waals surface area contributed by atoms with E-state index in [2.05, 4.69) is 63.2 Å². The van der Waals surface area contributed by atoms with Crippen LogP contribution in [0.15, 0.2) is 18.2 Å². The van der Waals surface area contributed by atoms with E-state index in [-0.39, 0.29) is 0 Å². The van der Waals surface area contributed by atoms with Gasteiger partial charge in [0.05, 0.1) is 10.7 Å². The number of nitrogens with zero attached hydrogens (tertiary/aromatic N) is 1. The van der Waals surface area contributed by atoms with Crippen molar-refractivity contribution >= 4 is 17.3 Å². The molecule has 0 aliphatic carbocycles. The van der Waals surface area contributed by atoms with Gasteiger partial charge in [-0.2, -0.15) is 0 Å². The van der Waals surface area contributed by atoms with Gasteiger partial charge in [0.1, 0.15) is 0 Å². The molecule has 0 heterocycles. The molecule has 1 N–H and O–H groups in total. The lowest BCUT2D eigenvalue weighted by Crippen LogP contribution is -2.23. The van der Waals surface area contributed by atoms with Crippen molar-refractivity contribution in [2.24, 2.45) is 5.92 Å². The maximum atomic E-state index is 6.35. The van der Waals surface area contributed by atoms with E-state index in [1.165, 1.54) is 5.56 Å². The van der Waals surface area contributed by atoms with Crippen molar-refractivity contribution in [1.29, 1.82) is 0 Å². The average molecular weight is 269 g/mol. The average Bonchev–Trinajstić information content (AvgIpc) is 2.25. The van der Waals surface area contributed by atoms with Crippen LogP contribution in [0.4, 0.5) is 5.69 Å². The lowest BCUT2D eigenvalue weighted by atomic mass is 10.1. The van der Waals surface area contributed by atoms with Gasteiger partial charge < -0.3 is 10.2 Å². The van der Waals surface area contributed by atoms with E-state index in [1.54, 1.807) is 0 Å². The number of benzene rings is 1. The molecule has 0 unspecified atom stereocenters. The topological polar surface area (TPSA) is 15.3 Å². The van der Waals surface area contributed by atoms with Gasteiger partial charge in [-0.25, -0.2) is 0 Å². The first kappa shape index (κ1) is 15.3. The van der Waals surface area contributed by atoms with Gasteiger partial charge in [-0.05, 0) is 23.6 Å². The van der Waals surface area contributed by atoms with Gasteiger partial charge in [-0.1, -0.05) is 45.4 Å². The second kappa shape index (κ2) is 7.01. The molecule has 2 nitrogen and oxygen atoms in total. The summed E-state index contributed by atoms with van der Waals surface area (Å²) < 4.78 is 0. The maximum absolute atomic E-state index is 6.35. The van der Waals surface area contributed by atoms with Crippen molar-refractivity contribution in [2.75, 3.05) is 18.5 Å². The molecule has 0 atom stereocenters. The van der Waals surface area contributed by atoms with Crippen molar-refractivity contribution in [3.05, 3.63) is 28.8 Å². The molecule has 0 bridgehead atoms. The lowest BCUT2D eigenvalue weighted by molar-refractivity contribution is 0.589. The first-order valence-electron chi connectivity index (χ1n) is 6.63. The van der Waals surface area contributed by atoms with E-state index >= 15 is 0 Å². The Morgan fingerprint density at radius 1 is 1.22 bits per heavy atom. The third kappa shape index (κ3) is 4.87. The van der Waals surface area contributed by atoms with Gasteiger partial charge in [0.15, 0.2) is 0 Å². The van der Waals surface area contributed by atoms with Crippen LogP contribution in [0.3, 0.4) is 0 Å². The van der Waals surface area contributed by atoms with Gasteiger partial charge in [-0.3, -0.25) is 0 Å². The SMILES string of the molecule is CC(C)CN(C)c1ccc(CNC(C)C)cc1Cl. The fourth-order valence-corrected chi connectivity index (χ4v) is 2.29. The number of nitrogens with one attached hydrogen (secondary N) is 1. The number of rotatable bonds is 6. The highest BCUT2D eigenvalue weighted by molar-refractivity contribution is 6.33. The molecule has 0 saturated heterocycles. The van der Waals surface area contributed by atoms with Crippen LogP contribution in [0.2, 0.25) is 5.02 Å². The molecule has 1 rings (SSSR count). The zero-order valence-electron chi connectivity index (χ0n) is 12.1. The quantitative estimate of drug-likeness (QED) is 0.841. The Labute approximate surface area is 116 Å². The van der Waals surface area contributed by atoms with Crippen LogP contribution in [-0.2, 0) is 6.54 Å². The van der Waals surface area contributed by atoms with Gasteiger partial charge in [0, 0.05) is 26.2 Å². The number of anilines is 1. The van der Waals surface area contributed by atoms with Crippen LogP contribution < -0.4 is 10.2 Å². The fourth-order valence-electron chi connectivity index (χ4n) is 1.94. The van der Waals surface area contributed by atoms with E-state index in [0.29, 0.717) is 12.0 Å². The number of hydrogen-bond donors (Lipinski definition) is 1. The predicted molar refractivity (Wildman–Crippen MR) is 81.5 cm³/mol. The van der Waals surface area contributed by atoms with E-state index < -0.39 is 0 Å². The second-order valence-electron chi connectivity index (χ2n) is 5.60. The van der Waals surface area contributed by atoms with E-state index in [9.17, 15) is 0 Å². The summed E-state index contributed by atoms with van der Waals surface area (Å²) in [6.45, 7) is 10.6. The Morgan fingerprint density at radius 2 is 1.89 bits per heavy atom. The normalized spacial score (nSPS) is 11.3. The highest BCUT2D eigenvalue weighted by Crippen LogP contribution is 2.26. The van der Waals surface area contributed by atoms with Crippen LogP contribution in [-0.4, -0.2) is 19.6 Å². The minimum Gasteiger partial charge on any atom is -0.373 e. The van der Waals surface area contributed by atoms with E-state index in [0.717, 1.165) is 23.8 Å². The van der Waals surface area contributed by atoms with Gasteiger partial charge in [0.2, 0.25) is 0 Å². The maximum Gasteiger partial charge on any atom is 0.0642 e. The van der Waals surface area contributed by atoms with Crippen LogP contribution in [0.25, 0.3) is 0 Å². The summed E-state index contributed by atoms with van der Waals surface area (Å²) in [5, 5.41) is 4.23. The highest BCUT2D eigenvalue weighted by Gasteiger charge is 2.08. The molecule has 0 aromatic heterocycles. The molecule has 0 saturated carbocycles. The third-order valence-corrected chi connectivity index (χ3v) is 3.08. The number of halogens is 1. The number of hydrogen-bond acceptors (Lipinski definition) is 2. The molecule has 0 fully saturated rings. The van der Waals surface area contributed by atoms with Gasteiger partial charge in [-0.15, -0.1) is 0 Å². The lowest BCUT2D eigenvalue weighted by Gasteiger charge is -2.23. The van der Waals surface area contributed by atoms with Crippen molar-refractivity contribution in [2.45, 2.75) is 40.3 Å². The molecular weight excluding hydrogens is 244 g/mol. The summed E-state index contributed by atoms with van der Waals surface area (Å²) >= 11 is 6.35. The zero-order valence-corrected chi connectivity index (χ0v) is 12.9. The van der Waals surface area contributed by atoms with Crippen molar-refractivity contribution in [3.63, 3.8) is 0 Å². The Morgan fingerprint density at radius 3 is 2.39 bits per heavy atom. The van der Waals surface area contributed by atoms with Crippen molar-refractivity contribution in [3.8, 4) is 0 Å². The summed E-state index contributed by atoms with van der Waals surface area (Å²) in [5.74, 6) is 0.633. The van der Waals surface area contributed by atoms with Gasteiger partial charge in [0.25, 0.3) is 0 Å². The molecule has 3 heteroatoms. The van der Waals surface area contributed by atoms with Crippen molar-refractivity contribution < 1.29 is 0 Å². The Bertz CT molecular complexity index is 375. The summed E-state index contributed by atoms with van der Waals surface area (Å²) in [5.41, 5.74) is 2.34. The standard InChI is InChI=1S/C15H25ClN2/c1-11(2)10-18(5)15-7-6-13(8-14(15)16)9-17-12(3)4/h6-8,11-12,17H,9-10H2,1-5H3. The Kier molecular flexibility index (Phi) is 5.97. The van der Waals surface area contributed by atoms with Crippen LogP contribution in [0.5, 0.6) is 0 Å². The first-order chi connectivity index (χ1) is 8.40. The van der Waals surface area contributed by atoms with E-state index in [1.807, 2.05) is 0 Å². The minimum absolute atomic E-state index is 0.493. The predicted octanol–water partition coefficient (Wildman–Crippen LogP) is 3.93. The molecule has 102 valence electrons. The first-order valence-corrected chi connectivity index (χ1v) is 7.01. The summed E-state index contributed by atoms with van der Waals surface area (Å²) in [4.78, 5) is 2.21. The van der Waals surface area contributed by atoms with E-state index in [4.69, 9.17) is 11.6 Å². The molecule has 0 aliphatic heterocycles. The minimum atomic E-state index is 0.493. The molecule has 0 radical (unpaired) electrons. The monoisotopic (exact) mass is 268 g/mol. The molecule has 0 spiro atoms. The molecule has 0 amide bonds. The largest absolute Gasteiger partial charge is 0.373 e. The molecule has 0 aliphatic rings. The molecular formula is C15H25ClN2. The summed E-state index contributed by atoms with van der Waals surface area (Å²) in [6, 6.07) is 6.81.